The molecule has 0 saturated heterocycles. The van der Waals surface area contributed by atoms with E-state index in [1.807, 2.05) is 13.0 Å². The van der Waals surface area contributed by atoms with Crippen LogP contribution in [0.25, 0.3) is 0 Å². The lowest BCUT2D eigenvalue weighted by molar-refractivity contribution is -0.136. The van der Waals surface area contributed by atoms with E-state index in [2.05, 4.69) is 4.74 Å². The van der Waals surface area contributed by atoms with Gasteiger partial charge in [-0.25, -0.2) is 9.59 Å². The van der Waals surface area contributed by atoms with Crippen molar-refractivity contribution in [2.75, 3.05) is 13.7 Å². The number of methoxy groups -OCH3 is 1. The van der Waals surface area contributed by atoms with Crippen LogP contribution in [0.5, 0.6) is 0 Å². The zero-order chi connectivity index (χ0) is 13.4. The summed E-state index contributed by atoms with van der Waals surface area (Å²) in [7, 11) is 1.30. The Labute approximate surface area is 106 Å². The van der Waals surface area contributed by atoms with Crippen LogP contribution in [0.1, 0.15) is 23.7 Å². The Hall–Kier alpha value is -2.10. The van der Waals surface area contributed by atoms with Crippen LogP contribution in [0.2, 0.25) is 0 Å². The van der Waals surface area contributed by atoms with Gasteiger partial charge >= 0.3 is 11.9 Å². The van der Waals surface area contributed by atoms with Gasteiger partial charge in [-0.3, -0.25) is 0 Å². The molecule has 4 nitrogen and oxygen atoms in total. The lowest BCUT2D eigenvalue weighted by Gasteiger charge is -2.07. The average molecular weight is 248 g/mol. The van der Waals surface area contributed by atoms with Crippen molar-refractivity contribution in [2.24, 2.45) is 0 Å². The first-order valence-corrected chi connectivity index (χ1v) is 5.68. The molecule has 0 unspecified atom stereocenters. The molecule has 0 saturated carbocycles. The Morgan fingerprint density at radius 2 is 1.89 bits per heavy atom. The van der Waals surface area contributed by atoms with E-state index < -0.39 is 11.9 Å². The highest BCUT2D eigenvalue weighted by Crippen LogP contribution is 2.05. The molecule has 0 amide bonds. The normalized spacial score (nSPS) is 10.9. The Morgan fingerprint density at radius 3 is 2.44 bits per heavy atom. The van der Waals surface area contributed by atoms with Gasteiger partial charge in [0.1, 0.15) is 6.61 Å². The molecule has 18 heavy (non-hydrogen) atoms. The van der Waals surface area contributed by atoms with E-state index in [0.717, 1.165) is 0 Å². The standard InChI is InChI=1S/C14H16O4/c1-3-7-12(13(15)17-2)10-18-14(16)11-8-5-4-6-9-11/h4-9H,3,10H2,1-2H3/b12-7+. The maximum absolute atomic E-state index is 11.7. The van der Waals surface area contributed by atoms with Crippen molar-refractivity contribution in [3.8, 4) is 0 Å². The summed E-state index contributed by atoms with van der Waals surface area (Å²) in [5, 5.41) is 0. The van der Waals surface area contributed by atoms with Gasteiger partial charge in [0.05, 0.1) is 18.2 Å². The molecule has 0 atom stereocenters. The second-order valence-corrected chi connectivity index (χ2v) is 3.57. The topological polar surface area (TPSA) is 52.6 Å². The summed E-state index contributed by atoms with van der Waals surface area (Å²) in [6.45, 7) is 1.82. The van der Waals surface area contributed by atoms with Crippen LogP contribution < -0.4 is 0 Å². The largest absolute Gasteiger partial charge is 0.466 e. The minimum absolute atomic E-state index is 0.0752. The first kappa shape index (κ1) is 14.0. The second-order valence-electron chi connectivity index (χ2n) is 3.57. The monoisotopic (exact) mass is 248 g/mol. The smallest absolute Gasteiger partial charge is 0.338 e. The molecule has 0 aliphatic carbocycles. The molecule has 4 heteroatoms. The third-order valence-electron chi connectivity index (χ3n) is 2.27. The van der Waals surface area contributed by atoms with Crippen molar-refractivity contribution >= 4 is 11.9 Å². The Morgan fingerprint density at radius 1 is 1.22 bits per heavy atom. The van der Waals surface area contributed by atoms with E-state index in [-0.39, 0.29) is 6.61 Å². The van der Waals surface area contributed by atoms with Crippen LogP contribution in [-0.2, 0) is 14.3 Å². The fourth-order valence-corrected chi connectivity index (χ4v) is 1.38. The van der Waals surface area contributed by atoms with Crippen LogP contribution in [-0.4, -0.2) is 25.7 Å². The number of hydrogen-bond acceptors (Lipinski definition) is 4. The molecule has 1 aromatic rings. The third-order valence-corrected chi connectivity index (χ3v) is 2.27. The number of hydrogen-bond donors (Lipinski definition) is 0. The molecule has 0 bridgehead atoms. The fraction of sp³-hybridized carbons (Fsp3) is 0.286. The van der Waals surface area contributed by atoms with Crippen molar-refractivity contribution in [1.82, 2.24) is 0 Å². The molecule has 96 valence electrons. The Bertz CT molecular complexity index is 434. The van der Waals surface area contributed by atoms with E-state index >= 15 is 0 Å². The SMILES string of the molecule is CC/C=C(\COC(=O)c1ccccc1)C(=O)OC. The highest BCUT2D eigenvalue weighted by Gasteiger charge is 2.13. The van der Waals surface area contributed by atoms with Crippen molar-refractivity contribution in [1.29, 1.82) is 0 Å². The third kappa shape index (κ3) is 4.05. The average Bonchev–Trinajstić information content (AvgIpc) is 2.43. The highest BCUT2D eigenvalue weighted by molar-refractivity contribution is 5.91. The zero-order valence-corrected chi connectivity index (χ0v) is 10.5. The first-order valence-electron chi connectivity index (χ1n) is 5.68. The molecular weight excluding hydrogens is 232 g/mol. The maximum atomic E-state index is 11.7. The summed E-state index contributed by atoms with van der Waals surface area (Å²) in [6, 6.07) is 8.63. The van der Waals surface area contributed by atoms with Crippen LogP contribution in [0, 0.1) is 0 Å². The van der Waals surface area contributed by atoms with Gasteiger partial charge in [-0.05, 0) is 18.6 Å². The van der Waals surface area contributed by atoms with E-state index in [0.29, 0.717) is 17.6 Å². The summed E-state index contributed by atoms with van der Waals surface area (Å²) in [5.41, 5.74) is 0.808. The Balaban J connectivity index is 2.61. The lowest BCUT2D eigenvalue weighted by Crippen LogP contribution is -2.14. The molecule has 0 radical (unpaired) electrons. The van der Waals surface area contributed by atoms with Crippen LogP contribution >= 0.6 is 0 Å². The second kappa shape index (κ2) is 7.27. The van der Waals surface area contributed by atoms with Crippen molar-refractivity contribution in [3.63, 3.8) is 0 Å². The number of carbonyl (C=O) groups is 2. The van der Waals surface area contributed by atoms with Crippen LogP contribution in [0.15, 0.2) is 42.0 Å². The predicted octanol–water partition coefficient (Wildman–Crippen LogP) is 2.35. The van der Waals surface area contributed by atoms with Gasteiger partial charge in [0, 0.05) is 0 Å². The molecule has 1 aromatic carbocycles. The van der Waals surface area contributed by atoms with Gasteiger partial charge in [-0.2, -0.15) is 0 Å². The van der Waals surface area contributed by atoms with E-state index in [9.17, 15) is 9.59 Å². The summed E-state index contributed by atoms with van der Waals surface area (Å²) < 4.78 is 9.66. The summed E-state index contributed by atoms with van der Waals surface area (Å²) in [4.78, 5) is 23.0. The Kier molecular flexibility index (Phi) is 5.64. The predicted molar refractivity (Wildman–Crippen MR) is 67.1 cm³/mol. The number of carbonyl (C=O) groups excluding carboxylic acids is 2. The molecule has 0 aliphatic heterocycles. The van der Waals surface area contributed by atoms with Gasteiger partial charge in [0.15, 0.2) is 0 Å². The molecule has 0 heterocycles. The van der Waals surface area contributed by atoms with Gasteiger partial charge < -0.3 is 9.47 Å². The van der Waals surface area contributed by atoms with Gasteiger partial charge in [0.2, 0.25) is 0 Å². The first-order chi connectivity index (χ1) is 8.69. The van der Waals surface area contributed by atoms with E-state index in [1.165, 1.54) is 7.11 Å². The van der Waals surface area contributed by atoms with Gasteiger partial charge in [-0.1, -0.05) is 31.2 Å². The number of esters is 2. The quantitative estimate of drug-likeness (QED) is 0.593. The molecule has 0 aliphatic rings. The molecule has 0 N–H and O–H groups in total. The fourth-order valence-electron chi connectivity index (χ4n) is 1.38. The summed E-state index contributed by atoms with van der Waals surface area (Å²) in [6.07, 6.45) is 2.36. The molecule has 0 fully saturated rings. The number of allylic oxidation sites excluding steroid dienone is 1. The summed E-state index contributed by atoms with van der Waals surface area (Å²) in [5.74, 6) is -0.931. The molecular formula is C14H16O4. The zero-order valence-electron chi connectivity index (χ0n) is 10.5. The van der Waals surface area contributed by atoms with Crippen molar-refractivity contribution < 1.29 is 19.1 Å². The van der Waals surface area contributed by atoms with E-state index in [1.54, 1.807) is 30.3 Å². The van der Waals surface area contributed by atoms with Crippen molar-refractivity contribution in [3.05, 3.63) is 47.5 Å². The van der Waals surface area contributed by atoms with E-state index in [4.69, 9.17) is 4.74 Å². The highest BCUT2D eigenvalue weighted by atomic mass is 16.5. The number of ether oxygens (including phenoxy) is 2. The van der Waals surface area contributed by atoms with Crippen molar-refractivity contribution in [2.45, 2.75) is 13.3 Å². The lowest BCUT2D eigenvalue weighted by atomic mass is 10.2. The van der Waals surface area contributed by atoms with Crippen LogP contribution in [0.4, 0.5) is 0 Å². The minimum atomic E-state index is -0.474. The summed E-state index contributed by atoms with van der Waals surface area (Å²) >= 11 is 0. The van der Waals surface area contributed by atoms with Gasteiger partial charge in [-0.15, -0.1) is 0 Å². The maximum Gasteiger partial charge on any atom is 0.338 e. The molecule has 0 spiro atoms. The number of rotatable bonds is 5. The number of benzene rings is 1. The molecule has 0 aromatic heterocycles. The van der Waals surface area contributed by atoms with Crippen LogP contribution in [0.3, 0.4) is 0 Å². The molecule has 1 rings (SSSR count). The minimum Gasteiger partial charge on any atom is -0.466 e. The van der Waals surface area contributed by atoms with Gasteiger partial charge in [0.25, 0.3) is 0 Å².